The van der Waals surface area contributed by atoms with E-state index < -0.39 is 0 Å². The van der Waals surface area contributed by atoms with Crippen LogP contribution < -0.4 is 9.19 Å². The maximum Gasteiger partial charge on any atom is 0.415 e. The van der Waals surface area contributed by atoms with Crippen LogP contribution in [0.1, 0.15) is 0 Å². The fourth-order valence-electron chi connectivity index (χ4n) is 2.36. The molecule has 72 valence electrons. The molecule has 1 aliphatic rings. The minimum atomic E-state index is -0.242. The molecule has 0 N–H and O–H groups in total. The zero-order chi connectivity index (χ0) is 9.71. The lowest BCUT2D eigenvalue weighted by molar-refractivity contribution is -0.690. The monoisotopic (exact) mass is 412 g/mol. The predicted molar refractivity (Wildman–Crippen MR) is 73.4 cm³/mol. The van der Waals surface area contributed by atoms with Gasteiger partial charge in [-0.1, -0.05) is 0 Å². The maximum absolute atomic E-state index is 2.40. The van der Waals surface area contributed by atoms with Gasteiger partial charge in [0.2, 0.25) is 0 Å². The molecule has 0 spiro atoms. The Balaban J connectivity index is 2.10. The lowest BCUT2D eigenvalue weighted by Crippen LogP contribution is -2.70. The van der Waals surface area contributed by atoms with Gasteiger partial charge in [0.1, 0.15) is 0 Å². The van der Waals surface area contributed by atoms with Gasteiger partial charge in [-0.2, -0.15) is 0 Å². The molecule has 0 saturated heterocycles. The Morgan fingerprint density at radius 3 is 1.79 bits per heavy atom. The second kappa shape index (κ2) is 3.26. The van der Waals surface area contributed by atoms with Gasteiger partial charge >= 0.3 is 15.1 Å². The molecule has 0 bridgehead atoms. The minimum absolute atomic E-state index is 0.242. The summed E-state index contributed by atoms with van der Waals surface area (Å²) < 4.78 is 12.3. The van der Waals surface area contributed by atoms with Crippen molar-refractivity contribution in [2.24, 2.45) is 0 Å². The minimum Gasteiger partial charge on any atom is -0.347 e. The van der Waals surface area contributed by atoms with Crippen molar-refractivity contribution >= 4 is 60.3 Å². The van der Waals surface area contributed by atoms with Crippen LogP contribution in [-0.2, 0) is 0 Å². The van der Waals surface area contributed by atoms with Crippen LogP contribution in [0, 0.1) is 7.14 Å². The number of halogens is 2. The third-order valence-electron chi connectivity index (χ3n) is 3.06. The largest absolute Gasteiger partial charge is 0.415 e. The summed E-state index contributed by atoms with van der Waals surface area (Å²) in [4.78, 5) is 0. The first kappa shape index (κ1) is 9.25. The lowest BCUT2D eigenvalue weighted by atomic mass is 10.1. The van der Waals surface area contributed by atoms with Crippen molar-refractivity contribution in [3.05, 3.63) is 31.9 Å². The summed E-state index contributed by atoms with van der Waals surface area (Å²) in [6.45, 7) is 0. The molecule has 0 fully saturated rings. The molecule has 0 radical (unpaired) electrons. The van der Waals surface area contributed by atoms with E-state index in [4.69, 9.17) is 0 Å². The van der Waals surface area contributed by atoms with Crippen LogP contribution in [0.5, 0.6) is 0 Å². The Morgan fingerprint density at radius 1 is 0.929 bits per heavy atom. The Bertz CT molecular complexity index is 421. The summed E-state index contributed by atoms with van der Waals surface area (Å²) in [5, 5.41) is 0. The molecular weight excluding hydrogens is 404 g/mol. The van der Waals surface area contributed by atoms with E-state index in [0.717, 1.165) is 0 Å². The third-order valence-corrected chi connectivity index (χ3v) is 4.17. The zero-order valence-electron chi connectivity index (χ0n) is 7.85. The van der Waals surface area contributed by atoms with E-state index in [9.17, 15) is 0 Å². The molecule has 1 aliphatic heterocycles. The second-order valence-corrected chi connectivity index (χ2v) is 6.47. The van der Waals surface area contributed by atoms with Crippen molar-refractivity contribution in [3.63, 3.8) is 0 Å². The van der Waals surface area contributed by atoms with Crippen LogP contribution in [0.25, 0.3) is 0 Å². The molecule has 2 aromatic rings. The first-order valence-electron chi connectivity index (χ1n) is 4.75. The van der Waals surface area contributed by atoms with Crippen LogP contribution in [0.15, 0.2) is 24.8 Å². The molecule has 3 rings (SSSR count). The molecule has 8 heteroatoms. The maximum atomic E-state index is 2.40. The second-order valence-electron chi connectivity index (χ2n) is 3.98. The topological polar surface area (TPSA) is 17.6 Å². The van der Waals surface area contributed by atoms with Crippen LogP contribution in [0.4, 0.5) is 0 Å². The van der Waals surface area contributed by atoms with E-state index >= 15 is 0 Å². The van der Waals surface area contributed by atoms with Gasteiger partial charge in [-0.3, -0.25) is 0 Å². The van der Waals surface area contributed by atoms with Crippen LogP contribution in [0.2, 0.25) is 0 Å². The van der Waals surface area contributed by atoms with Gasteiger partial charge in [0.25, 0.3) is 0 Å². The summed E-state index contributed by atoms with van der Waals surface area (Å²) in [7, 11) is -0.485. The highest BCUT2D eigenvalue weighted by Crippen LogP contribution is 2.02. The van der Waals surface area contributed by atoms with E-state index in [1.807, 2.05) is 0 Å². The Morgan fingerprint density at radius 2 is 1.36 bits per heavy atom. The average Bonchev–Trinajstić information content (AvgIpc) is 2.59. The van der Waals surface area contributed by atoms with Crippen LogP contribution in [0.3, 0.4) is 0 Å². The summed E-state index contributed by atoms with van der Waals surface area (Å²) in [5.74, 6) is 0. The predicted octanol–water partition coefficient (Wildman–Crippen LogP) is -1.82. The van der Waals surface area contributed by atoms with E-state index in [-0.39, 0.29) is 15.1 Å². The van der Waals surface area contributed by atoms with Gasteiger partial charge in [-0.05, 0) is 45.2 Å². The SMILES string of the molecule is Ic1cn2[n+](c1)[BH2-]n1cc(I)c[n+]1[BH2-]2. The fourth-order valence-corrected chi connectivity index (χ4v) is 3.97. The van der Waals surface area contributed by atoms with Gasteiger partial charge in [-0.15, -0.1) is 0 Å². The molecule has 0 amide bonds. The molecule has 3 heterocycles. The molecule has 0 aliphatic carbocycles. The van der Waals surface area contributed by atoms with Crippen molar-refractivity contribution in [3.8, 4) is 0 Å². The fraction of sp³-hybridized carbons (Fsp3) is 0. The highest BCUT2D eigenvalue weighted by Gasteiger charge is 2.17. The summed E-state index contributed by atoms with van der Waals surface area (Å²) >= 11 is 4.77. The summed E-state index contributed by atoms with van der Waals surface area (Å²) in [5.41, 5.74) is 0. The number of fused-ring (bicyclic) bond motifs is 2. The third kappa shape index (κ3) is 1.42. The number of hydrogen-bond donors (Lipinski definition) is 0. The van der Waals surface area contributed by atoms with Crippen molar-refractivity contribution in [1.82, 2.24) is 9.19 Å². The normalized spacial score (nSPS) is 13.9. The van der Waals surface area contributed by atoms with Gasteiger partial charge in [0.15, 0.2) is 12.4 Å². The van der Waals surface area contributed by atoms with Crippen molar-refractivity contribution in [2.75, 3.05) is 0 Å². The molecule has 0 saturated carbocycles. The molecular formula is C6H8B2I2N4. The summed E-state index contributed by atoms with van der Waals surface area (Å²) in [6, 6.07) is 0. The zero-order valence-corrected chi connectivity index (χ0v) is 12.2. The van der Waals surface area contributed by atoms with Gasteiger partial charge in [0, 0.05) is 12.4 Å². The molecule has 0 aromatic carbocycles. The standard InChI is InChI=1S/C6H8B2I2N4/c9-5-1-11-7-13-3-6(10)4-14(13)8-12(11)2-5/h1-4H,7-8H2. The number of rotatable bonds is 0. The Kier molecular flexibility index (Phi) is 2.15. The van der Waals surface area contributed by atoms with E-state index in [0.29, 0.717) is 0 Å². The average molecular weight is 412 g/mol. The quantitative estimate of drug-likeness (QED) is 0.306. The van der Waals surface area contributed by atoms with Crippen molar-refractivity contribution < 1.29 is 9.19 Å². The molecule has 14 heavy (non-hydrogen) atoms. The Hall–Kier alpha value is 0.00987. The van der Waals surface area contributed by atoms with E-state index in [2.05, 4.69) is 88.3 Å². The molecule has 0 unspecified atom stereocenters. The van der Waals surface area contributed by atoms with Gasteiger partial charge < -0.3 is 18.4 Å². The molecule has 4 nitrogen and oxygen atoms in total. The van der Waals surface area contributed by atoms with Crippen LogP contribution >= 0.6 is 45.2 Å². The first-order chi connectivity index (χ1) is 6.72. The first-order valence-corrected chi connectivity index (χ1v) is 6.91. The number of hydrogen-bond acceptors (Lipinski definition) is 0. The van der Waals surface area contributed by atoms with Gasteiger partial charge in [-0.25, -0.2) is 0 Å². The van der Waals surface area contributed by atoms with Crippen molar-refractivity contribution in [2.45, 2.75) is 0 Å². The van der Waals surface area contributed by atoms with E-state index in [1.54, 1.807) is 0 Å². The van der Waals surface area contributed by atoms with Gasteiger partial charge in [0.05, 0.1) is 7.14 Å². The number of aromatic nitrogens is 4. The van der Waals surface area contributed by atoms with Crippen molar-refractivity contribution in [1.29, 1.82) is 0 Å². The molecule has 0 atom stereocenters. The smallest absolute Gasteiger partial charge is 0.347 e. The number of nitrogens with zero attached hydrogens (tertiary/aromatic N) is 4. The summed E-state index contributed by atoms with van der Waals surface area (Å²) in [6.07, 6.45) is 9.00. The highest BCUT2D eigenvalue weighted by atomic mass is 127. The lowest BCUT2D eigenvalue weighted by Gasteiger charge is -2.20. The molecule has 2 aromatic heterocycles. The van der Waals surface area contributed by atoms with E-state index in [1.165, 1.54) is 7.14 Å². The Labute approximate surface area is 110 Å². The van der Waals surface area contributed by atoms with Crippen LogP contribution in [-0.4, -0.2) is 24.3 Å². The highest BCUT2D eigenvalue weighted by molar-refractivity contribution is 14.1.